The number of alkyl halides is 3. The number of halogens is 4. The average molecular weight is 334 g/mol. The zero-order valence-corrected chi connectivity index (χ0v) is 11.4. The van der Waals surface area contributed by atoms with Crippen LogP contribution in [-0.4, -0.2) is 9.91 Å². The Kier molecular flexibility index (Phi) is 4.09. The van der Waals surface area contributed by atoms with Gasteiger partial charge >= 0.3 is 6.18 Å². The maximum absolute atomic E-state index is 12.5. The first-order valence-corrected chi connectivity index (χ1v) is 6.01. The average Bonchev–Trinajstić information content (AvgIpc) is 2.39. The summed E-state index contributed by atoms with van der Waals surface area (Å²) < 4.78 is 42.6. The van der Waals surface area contributed by atoms with E-state index in [0.717, 1.165) is 12.1 Å². The molecule has 2 aromatic rings. The number of rotatable bonds is 3. The van der Waals surface area contributed by atoms with Crippen molar-refractivity contribution in [2.75, 3.05) is 5.73 Å². The highest BCUT2D eigenvalue weighted by atomic mass is 35.5. The molecular formula is C12H7ClF3N3O3. The lowest BCUT2D eigenvalue weighted by atomic mass is 10.2. The lowest BCUT2D eigenvalue weighted by Gasteiger charge is -2.10. The van der Waals surface area contributed by atoms with E-state index in [1.54, 1.807) is 0 Å². The molecule has 116 valence electrons. The third-order valence-corrected chi connectivity index (χ3v) is 2.82. The number of nitrogens with zero attached hydrogens (tertiary/aromatic N) is 2. The minimum Gasteiger partial charge on any atom is -0.437 e. The molecule has 1 aromatic carbocycles. The maximum Gasteiger partial charge on any atom is 0.417 e. The number of hydrogen-bond donors (Lipinski definition) is 1. The van der Waals surface area contributed by atoms with E-state index in [1.807, 2.05) is 0 Å². The molecule has 2 rings (SSSR count). The Balaban J connectivity index is 2.28. The highest BCUT2D eigenvalue weighted by Gasteiger charge is 2.31. The predicted octanol–water partition coefficient (Wildman–Crippen LogP) is 4.04. The fourth-order valence-electron chi connectivity index (χ4n) is 1.53. The fraction of sp³-hybridized carbons (Fsp3) is 0.0833. The fourth-order valence-corrected chi connectivity index (χ4v) is 1.73. The molecule has 0 bridgehead atoms. The molecule has 1 aromatic heterocycles. The second kappa shape index (κ2) is 5.68. The molecular weight excluding hydrogens is 327 g/mol. The second-order valence-electron chi connectivity index (χ2n) is 4.09. The van der Waals surface area contributed by atoms with Crippen molar-refractivity contribution in [2.24, 2.45) is 0 Å². The Morgan fingerprint density at radius 1 is 1.32 bits per heavy atom. The maximum atomic E-state index is 12.5. The van der Waals surface area contributed by atoms with E-state index in [1.165, 1.54) is 6.07 Å². The number of nitro groups is 1. The van der Waals surface area contributed by atoms with Crippen LogP contribution in [0.15, 0.2) is 30.5 Å². The SMILES string of the molecule is Nc1cc(Oc2ncc(C(F)(F)F)cc2Cl)ccc1[N+](=O)[O-]. The lowest BCUT2D eigenvalue weighted by molar-refractivity contribution is -0.383. The third-order valence-electron chi connectivity index (χ3n) is 2.54. The Labute approximate surface area is 126 Å². The van der Waals surface area contributed by atoms with Gasteiger partial charge in [-0.3, -0.25) is 10.1 Å². The van der Waals surface area contributed by atoms with Gasteiger partial charge in [-0.1, -0.05) is 11.6 Å². The van der Waals surface area contributed by atoms with Crippen LogP contribution < -0.4 is 10.5 Å². The summed E-state index contributed by atoms with van der Waals surface area (Å²) in [5.41, 5.74) is 3.97. The van der Waals surface area contributed by atoms with Crippen molar-refractivity contribution in [3.8, 4) is 11.6 Å². The Bertz CT molecular complexity index is 737. The van der Waals surface area contributed by atoms with Crippen LogP contribution in [0.5, 0.6) is 11.6 Å². The van der Waals surface area contributed by atoms with Crippen LogP contribution in [0.25, 0.3) is 0 Å². The van der Waals surface area contributed by atoms with E-state index in [0.29, 0.717) is 12.3 Å². The minimum atomic E-state index is -4.58. The summed E-state index contributed by atoms with van der Waals surface area (Å²) >= 11 is 5.68. The number of nitrogen functional groups attached to an aromatic ring is 1. The summed E-state index contributed by atoms with van der Waals surface area (Å²) in [6.45, 7) is 0. The molecule has 0 amide bonds. The van der Waals surface area contributed by atoms with Gasteiger partial charge in [0.25, 0.3) is 5.69 Å². The van der Waals surface area contributed by atoms with E-state index in [-0.39, 0.29) is 28.0 Å². The monoisotopic (exact) mass is 333 g/mol. The van der Waals surface area contributed by atoms with Gasteiger partial charge in [-0.2, -0.15) is 13.2 Å². The number of anilines is 1. The van der Waals surface area contributed by atoms with Crippen molar-refractivity contribution in [3.05, 3.63) is 51.2 Å². The molecule has 22 heavy (non-hydrogen) atoms. The molecule has 0 spiro atoms. The molecule has 0 saturated heterocycles. The van der Waals surface area contributed by atoms with E-state index in [9.17, 15) is 23.3 Å². The highest BCUT2D eigenvalue weighted by molar-refractivity contribution is 6.31. The topological polar surface area (TPSA) is 91.3 Å². The predicted molar refractivity (Wildman–Crippen MR) is 71.8 cm³/mol. The first kappa shape index (κ1) is 15.8. The van der Waals surface area contributed by atoms with Crippen molar-refractivity contribution >= 4 is 23.0 Å². The van der Waals surface area contributed by atoms with Crippen molar-refractivity contribution < 1.29 is 22.8 Å². The number of benzene rings is 1. The summed E-state index contributed by atoms with van der Waals surface area (Å²) in [7, 11) is 0. The molecule has 1 heterocycles. The summed E-state index contributed by atoms with van der Waals surface area (Å²) in [5.74, 6) is -0.222. The number of nitro benzene ring substituents is 1. The molecule has 0 fully saturated rings. The molecule has 10 heteroatoms. The largest absolute Gasteiger partial charge is 0.437 e. The Morgan fingerprint density at radius 3 is 2.50 bits per heavy atom. The lowest BCUT2D eigenvalue weighted by Crippen LogP contribution is -2.05. The Morgan fingerprint density at radius 2 is 2.00 bits per heavy atom. The highest BCUT2D eigenvalue weighted by Crippen LogP contribution is 2.35. The normalized spacial score (nSPS) is 11.3. The van der Waals surface area contributed by atoms with Crippen LogP contribution in [0.1, 0.15) is 5.56 Å². The van der Waals surface area contributed by atoms with Gasteiger partial charge in [0.15, 0.2) is 0 Å². The van der Waals surface area contributed by atoms with Crippen LogP contribution >= 0.6 is 11.6 Å². The Hall–Kier alpha value is -2.55. The van der Waals surface area contributed by atoms with Gasteiger partial charge in [0.1, 0.15) is 16.5 Å². The molecule has 0 saturated carbocycles. The van der Waals surface area contributed by atoms with Crippen molar-refractivity contribution in [2.45, 2.75) is 6.18 Å². The van der Waals surface area contributed by atoms with E-state index in [4.69, 9.17) is 22.1 Å². The van der Waals surface area contributed by atoms with Crippen molar-refractivity contribution in [1.29, 1.82) is 0 Å². The standard InChI is InChI=1S/C12H7ClF3N3O3/c13-8-3-6(12(14,15)16)5-18-11(8)22-7-1-2-10(19(20)21)9(17)4-7/h1-5H,17H2. The van der Waals surface area contributed by atoms with Gasteiger partial charge in [0.2, 0.25) is 5.88 Å². The van der Waals surface area contributed by atoms with E-state index >= 15 is 0 Å². The first-order valence-electron chi connectivity index (χ1n) is 5.63. The summed E-state index contributed by atoms with van der Waals surface area (Å²) in [6.07, 6.45) is -4.01. The van der Waals surface area contributed by atoms with E-state index < -0.39 is 16.7 Å². The van der Waals surface area contributed by atoms with Crippen LogP contribution in [0.2, 0.25) is 5.02 Å². The molecule has 6 nitrogen and oxygen atoms in total. The first-order chi connectivity index (χ1) is 10.2. The quantitative estimate of drug-likeness (QED) is 0.520. The summed E-state index contributed by atoms with van der Waals surface area (Å²) in [6, 6.07) is 4.14. The van der Waals surface area contributed by atoms with E-state index in [2.05, 4.69) is 4.98 Å². The number of nitrogens with two attached hydrogens (primary N) is 1. The zero-order valence-electron chi connectivity index (χ0n) is 10.6. The zero-order chi connectivity index (χ0) is 16.5. The minimum absolute atomic E-state index is 0.0530. The molecule has 0 radical (unpaired) electrons. The second-order valence-corrected chi connectivity index (χ2v) is 4.50. The number of ether oxygens (including phenoxy) is 1. The smallest absolute Gasteiger partial charge is 0.417 e. The van der Waals surface area contributed by atoms with Crippen LogP contribution in [0.4, 0.5) is 24.5 Å². The van der Waals surface area contributed by atoms with Gasteiger partial charge in [-0.15, -0.1) is 0 Å². The van der Waals surface area contributed by atoms with Gasteiger partial charge < -0.3 is 10.5 Å². The summed E-state index contributed by atoms with van der Waals surface area (Å²) in [5, 5.41) is 10.3. The molecule has 0 aliphatic heterocycles. The van der Waals surface area contributed by atoms with Crippen molar-refractivity contribution in [1.82, 2.24) is 4.98 Å². The molecule has 0 aliphatic rings. The third kappa shape index (κ3) is 3.37. The molecule has 0 unspecified atom stereocenters. The van der Waals surface area contributed by atoms with Crippen molar-refractivity contribution in [3.63, 3.8) is 0 Å². The molecule has 0 atom stereocenters. The van der Waals surface area contributed by atoms with Crippen LogP contribution in [0, 0.1) is 10.1 Å². The molecule has 0 aliphatic carbocycles. The number of aromatic nitrogens is 1. The van der Waals surface area contributed by atoms with Gasteiger partial charge in [-0.25, -0.2) is 4.98 Å². The van der Waals surface area contributed by atoms with Gasteiger partial charge in [0.05, 0.1) is 10.5 Å². The molecule has 2 N–H and O–H groups in total. The van der Waals surface area contributed by atoms with Gasteiger partial charge in [-0.05, 0) is 12.1 Å². The van der Waals surface area contributed by atoms with Gasteiger partial charge in [0, 0.05) is 18.3 Å². The summed E-state index contributed by atoms with van der Waals surface area (Å²) in [4.78, 5) is 13.4. The number of hydrogen-bond acceptors (Lipinski definition) is 5. The van der Waals surface area contributed by atoms with Crippen LogP contribution in [0.3, 0.4) is 0 Å². The number of pyridine rings is 1. The van der Waals surface area contributed by atoms with Crippen LogP contribution in [-0.2, 0) is 6.18 Å².